The maximum Gasteiger partial charge on any atom is 0.309 e. The summed E-state index contributed by atoms with van der Waals surface area (Å²) in [6.45, 7) is 19.5. The van der Waals surface area contributed by atoms with Crippen molar-refractivity contribution in [3.63, 3.8) is 0 Å². The summed E-state index contributed by atoms with van der Waals surface area (Å²) in [4.78, 5) is 38.6. The Hall–Kier alpha value is -2.81. The van der Waals surface area contributed by atoms with Crippen LogP contribution >= 0.6 is 15.9 Å². The van der Waals surface area contributed by atoms with E-state index >= 15 is 0 Å². The first-order chi connectivity index (χ1) is 24.3. The van der Waals surface area contributed by atoms with Crippen molar-refractivity contribution in [3.05, 3.63) is 45.8 Å². The van der Waals surface area contributed by atoms with Gasteiger partial charge in [-0.2, -0.15) is 0 Å². The molecule has 284 valence electrons. The van der Waals surface area contributed by atoms with E-state index in [0.29, 0.717) is 36.5 Å². The lowest BCUT2D eigenvalue weighted by Gasteiger charge is -2.69. The molecule has 0 saturated heterocycles. The highest BCUT2D eigenvalue weighted by Gasteiger charge is 2.68. The average Bonchev–Trinajstić information content (AvgIpc) is 3.69. The van der Waals surface area contributed by atoms with Crippen molar-refractivity contribution in [1.29, 1.82) is 0 Å². The van der Waals surface area contributed by atoms with E-state index in [1.165, 1.54) is 5.57 Å². The summed E-state index contributed by atoms with van der Waals surface area (Å²) in [6, 6.07) is 7.90. The second-order valence-corrected chi connectivity index (χ2v) is 19.4. The first-order valence-corrected chi connectivity index (χ1v) is 20.4. The van der Waals surface area contributed by atoms with Gasteiger partial charge in [-0.15, -0.1) is 10.2 Å². The molecule has 3 fully saturated rings. The summed E-state index contributed by atoms with van der Waals surface area (Å²) in [5.41, 5.74) is 1.49. The summed E-state index contributed by atoms with van der Waals surface area (Å²) in [6.07, 6.45) is 8.62. The highest BCUT2D eigenvalue weighted by molar-refractivity contribution is 9.10. The highest BCUT2D eigenvalue weighted by atomic mass is 79.9. The van der Waals surface area contributed by atoms with Gasteiger partial charge in [-0.3, -0.25) is 14.4 Å². The summed E-state index contributed by atoms with van der Waals surface area (Å²) < 4.78 is 13.5. The number of benzene rings is 1. The fraction of sp³-hybridized carbons (Fsp3) is 0.698. The Morgan fingerprint density at radius 1 is 1.04 bits per heavy atom. The highest BCUT2D eigenvalue weighted by Crippen LogP contribution is 2.74. The van der Waals surface area contributed by atoms with E-state index in [1.807, 2.05) is 31.2 Å². The number of aliphatic carboxylic acids is 1. The van der Waals surface area contributed by atoms with Gasteiger partial charge >= 0.3 is 11.9 Å². The minimum atomic E-state index is -1.16. The summed E-state index contributed by atoms with van der Waals surface area (Å²) >= 11 is 3.52. The van der Waals surface area contributed by atoms with Crippen LogP contribution < -0.4 is 0 Å². The molecule has 0 spiro atoms. The third kappa shape index (κ3) is 6.22. The fourth-order valence-corrected chi connectivity index (χ4v) is 11.7. The Kier molecular flexibility index (Phi) is 10.3. The van der Waals surface area contributed by atoms with E-state index < -0.39 is 22.8 Å². The van der Waals surface area contributed by atoms with E-state index in [9.17, 15) is 19.5 Å². The Bertz CT molecular complexity index is 1750. The maximum absolute atomic E-state index is 14.1. The topological polar surface area (TPSA) is 120 Å². The Labute approximate surface area is 318 Å². The van der Waals surface area contributed by atoms with Gasteiger partial charge in [0.1, 0.15) is 6.10 Å². The van der Waals surface area contributed by atoms with Gasteiger partial charge in [-0.05, 0) is 147 Å². The van der Waals surface area contributed by atoms with Gasteiger partial charge < -0.3 is 14.3 Å². The summed E-state index contributed by atoms with van der Waals surface area (Å²) in [7, 11) is 0. The molecule has 0 aliphatic heterocycles. The number of fused-ring (bicyclic) bond motifs is 5. The number of hydrogen-bond donors (Lipinski definition) is 1. The van der Waals surface area contributed by atoms with E-state index in [-0.39, 0.29) is 46.4 Å². The van der Waals surface area contributed by atoms with Crippen LogP contribution in [0.2, 0.25) is 0 Å². The minimum absolute atomic E-state index is 0.0193. The Morgan fingerprint density at radius 2 is 1.73 bits per heavy atom. The van der Waals surface area contributed by atoms with Crippen LogP contribution in [0.4, 0.5) is 0 Å². The van der Waals surface area contributed by atoms with Crippen LogP contribution in [0.1, 0.15) is 139 Å². The third-order valence-electron chi connectivity index (χ3n) is 15.0. The predicted octanol–water partition coefficient (Wildman–Crippen LogP) is 10.5. The SMILES string of the molecule is CC[C@H](CC[C@@]1(C)[C@H](C)CC[C@]2(C)[C@@H]1CC[C@@H]1C3=C(C(C)C)C(=O)C[C@]3(c3nnc(-c4ccc(Br)cc4)o3)CC[C@]12C)OC(=O)CC(C)(C)C(=O)O. The number of ether oxygens (including phenoxy) is 1. The lowest BCUT2D eigenvalue weighted by Crippen LogP contribution is -2.62. The number of aromatic nitrogens is 2. The molecule has 4 aliphatic rings. The van der Waals surface area contributed by atoms with Crippen LogP contribution in [-0.2, 0) is 24.5 Å². The second kappa shape index (κ2) is 13.8. The van der Waals surface area contributed by atoms with Gasteiger partial charge in [-0.1, -0.05) is 64.4 Å². The normalized spacial score (nSPS) is 33.8. The van der Waals surface area contributed by atoms with Crippen molar-refractivity contribution in [2.45, 2.75) is 144 Å². The summed E-state index contributed by atoms with van der Waals surface area (Å²) in [5.74, 6) is 1.23. The standard InChI is InChI=1S/C43H59BrN2O6/c1-10-29(51-33(48)24-39(5,6)38(49)50)18-19-40(7)26(4)17-20-42(9)32(40)16-15-30-35-34(25(2)3)31(47)23-43(35,22-21-41(30,42)8)37-46-45-36(52-37)27-11-13-28(44)14-12-27/h11-14,25-26,29-30,32H,10,15-24H2,1-9H3,(H,49,50)/t26-,29-,30-,32-,40+,41-,42-,43-/m1/s1. The number of esters is 1. The van der Waals surface area contributed by atoms with Crippen LogP contribution in [-0.4, -0.2) is 39.1 Å². The van der Waals surface area contributed by atoms with Crippen LogP contribution in [0.15, 0.2) is 44.3 Å². The number of hydrogen-bond acceptors (Lipinski definition) is 7. The van der Waals surface area contributed by atoms with Crippen molar-refractivity contribution in [3.8, 4) is 11.5 Å². The molecule has 1 aromatic carbocycles. The first-order valence-electron chi connectivity index (χ1n) is 19.6. The quantitative estimate of drug-likeness (QED) is 0.224. The van der Waals surface area contributed by atoms with Gasteiger partial charge in [0.25, 0.3) is 0 Å². The molecule has 3 saturated carbocycles. The van der Waals surface area contributed by atoms with Crippen molar-refractivity contribution in [1.82, 2.24) is 10.2 Å². The number of carbonyl (C=O) groups excluding carboxylic acids is 2. The molecule has 8 nitrogen and oxygen atoms in total. The molecule has 0 radical (unpaired) electrons. The fourth-order valence-electron chi connectivity index (χ4n) is 11.4. The van der Waals surface area contributed by atoms with Crippen molar-refractivity contribution < 1.29 is 28.6 Å². The van der Waals surface area contributed by atoms with Crippen LogP contribution in [0, 0.1) is 45.3 Å². The third-order valence-corrected chi connectivity index (χ3v) is 15.5. The Morgan fingerprint density at radius 3 is 2.37 bits per heavy atom. The first kappa shape index (κ1) is 38.9. The maximum atomic E-state index is 14.1. The minimum Gasteiger partial charge on any atom is -0.481 e. The molecule has 8 atom stereocenters. The molecule has 9 heteroatoms. The number of rotatable bonds is 11. The number of Topliss-reactive ketones (excluding diaryl/α,β-unsaturated/α-hetero) is 1. The molecule has 0 unspecified atom stereocenters. The number of halogens is 1. The molecule has 0 bridgehead atoms. The Balaban J connectivity index is 1.30. The number of carbonyl (C=O) groups is 3. The number of allylic oxidation sites excluding steroid dienone is 2. The van der Waals surface area contributed by atoms with Crippen LogP contribution in [0.3, 0.4) is 0 Å². The molecule has 0 amide bonds. The average molecular weight is 780 g/mol. The largest absolute Gasteiger partial charge is 0.481 e. The van der Waals surface area contributed by atoms with Crippen molar-refractivity contribution >= 4 is 33.7 Å². The molecule has 52 heavy (non-hydrogen) atoms. The number of ketones is 1. The molecule has 1 heterocycles. The van der Waals surface area contributed by atoms with Gasteiger partial charge in [0.05, 0.1) is 17.3 Å². The van der Waals surface area contributed by atoms with Gasteiger partial charge in [0, 0.05) is 16.5 Å². The van der Waals surface area contributed by atoms with E-state index in [2.05, 4.69) is 62.6 Å². The van der Waals surface area contributed by atoms with E-state index in [4.69, 9.17) is 14.3 Å². The molecule has 1 aromatic heterocycles. The van der Waals surface area contributed by atoms with Gasteiger partial charge in [0.15, 0.2) is 5.78 Å². The predicted molar refractivity (Wildman–Crippen MR) is 204 cm³/mol. The molecule has 4 aliphatic carbocycles. The molecular weight excluding hydrogens is 720 g/mol. The lowest BCUT2D eigenvalue weighted by molar-refractivity contribution is -0.184. The lowest BCUT2D eigenvalue weighted by atomic mass is 9.35. The van der Waals surface area contributed by atoms with E-state index in [1.54, 1.807) is 13.8 Å². The molecule has 2 aromatic rings. The van der Waals surface area contributed by atoms with Gasteiger partial charge in [0.2, 0.25) is 11.8 Å². The zero-order valence-electron chi connectivity index (χ0n) is 32.7. The zero-order valence-corrected chi connectivity index (χ0v) is 34.3. The smallest absolute Gasteiger partial charge is 0.309 e. The molecular formula is C43H59BrN2O6. The van der Waals surface area contributed by atoms with Crippen LogP contribution in [0.5, 0.6) is 0 Å². The van der Waals surface area contributed by atoms with Crippen LogP contribution in [0.25, 0.3) is 11.5 Å². The molecule has 6 rings (SSSR count). The van der Waals surface area contributed by atoms with Crippen molar-refractivity contribution in [2.24, 2.45) is 45.3 Å². The number of carboxylic acids is 1. The second-order valence-electron chi connectivity index (χ2n) is 18.5. The number of nitrogens with zero attached hydrogens (tertiary/aromatic N) is 2. The van der Waals surface area contributed by atoms with Gasteiger partial charge in [-0.25, -0.2) is 0 Å². The number of carboxylic acid groups (broad SMARTS) is 1. The van der Waals surface area contributed by atoms with E-state index in [0.717, 1.165) is 67.0 Å². The molecule has 1 N–H and O–H groups in total. The monoisotopic (exact) mass is 778 g/mol. The summed E-state index contributed by atoms with van der Waals surface area (Å²) in [5, 5.41) is 18.8. The van der Waals surface area contributed by atoms with Crippen molar-refractivity contribution in [2.75, 3.05) is 0 Å². The zero-order chi connectivity index (χ0) is 38.0.